The van der Waals surface area contributed by atoms with Gasteiger partial charge in [0.1, 0.15) is 5.54 Å². The van der Waals surface area contributed by atoms with E-state index in [1.807, 2.05) is 13.8 Å². The van der Waals surface area contributed by atoms with E-state index in [1.165, 1.54) is 7.11 Å². The number of nitrogens with zero attached hydrogens (tertiary/aromatic N) is 1. The summed E-state index contributed by atoms with van der Waals surface area (Å²) >= 11 is 0. The summed E-state index contributed by atoms with van der Waals surface area (Å²) in [6, 6.07) is 0. The quantitative estimate of drug-likeness (QED) is 0.752. The number of rotatable bonds is 2. The van der Waals surface area contributed by atoms with Crippen molar-refractivity contribution >= 4 is 5.97 Å². The zero-order valence-corrected chi connectivity index (χ0v) is 12.3. The first-order chi connectivity index (χ1) is 9.08. The van der Waals surface area contributed by atoms with Crippen molar-refractivity contribution in [1.29, 1.82) is 0 Å². The summed E-state index contributed by atoms with van der Waals surface area (Å²) in [5, 5.41) is 3.39. The van der Waals surface area contributed by atoms with Gasteiger partial charge in [0, 0.05) is 32.5 Å². The van der Waals surface area contributed by atoms with Crippen molar-refractivity contribution < 1.29 is 14.3 Å². The van der Waals surface area contributed by atoms with Crippen LogP contribution in [0, 0.1) is 0 Å². The third kappa shape index (κ3) is 3.09. The Balaban J connectivity index is 2.24. The lowest BCUT2D eigenvalue weighted by atomic mass is 9.82. The topological polar surface area (TPSA) is 50.8 Å². The van der Waals surface area contributed by atoms with Crippen LogP contribution in [-0.4, -0.2) is 61.9 Å². The summed E-state index contributed by atoms with van der Waals surface area (Å²) in [7, 11) is 1.49. The van der Waals surface area contributed by atoms with Gasteiger partial charge < -0.3 is 14.8 Å². The molecule has 0 amide bonds. The fourth-order valence-electron chi connectivity index (χ4n) is 3.54. The highest BCUT2D eigenvalue weighted by Crippen LogP contribution is 2.35. The van der Waals surface area contributed by atoms with Crippen LogP contribution in [0.25, 0.3) is 0 Å². The molecule has 19 heavy (non-hydrogen) atoms. The van der Waals surface area contributed by atoms with E-state index in [0.29, 0.717) is 0 Å². The Morgan fingerprint density at radius 3 is 2.58 bits per heavy atom. The molecular formula is C14H26N2O3. The predicted molar refractivity (Wildman–Crippen MR) is 73.0 cm³/mol. The summed E-state index contributed by atoms with van der Waals surface area (Å²) in [6.07, 6.45) is 2.72. The normalized spacial score (nSPS) is 37.6. The minimum Gasteiger partial charge on any atom is -0.468 e. The lowest BCUT2D eigenvalue weighted by Gasteiger charge is -2.47. The van der Waals surface area contributed by atoms with E-state index in [0.717, 1.165) is 45.4 Å². The Morgan fingerprint density at radius 1 is 1.26 bits per heavy atom. The third-order valence-electron chi connectivity index (χ3n) is 4.23. The van der Waals surface area contributed by atoms with E-state index in [9.17, 15) is 4.79 Å². The average molecular weight is 270 g/mol. The van der Waals surface area contributed by atoms with E-state index in [2.05, 4.69) is 10.2 Å². The predicted octanol–water partition coefficient (Wildman–Crippen LogP) is 0.781. The molecular weight excluding hydrogens is 244 g/mol. The number of carbonyl (C=O) groups excluding carboxylic acids is 1. The largest absolute Gasteiger partial charge is 0.468 e. The van der Waals surface area contributed by atoms with Crippen molar-refractivity contribution in [3.63, 3.8) is 0 Å². The van der Waals surface area contributed by atoms with Crippen LogP contribution in [-0.2, 0) is 14.3 Å². The monoisotopic (exact) mass is 270 g/mol. The van der Waals surface area contributed by atoms with Crippen molar-refractivity contribution in [1.82, 2.24) is 10.2 Å². The summed E-state index contributed by atoms with van der Waals surface area (Å²) in [4.78, 5) is 14.8. The van der Waals surface area contributed by atoms with Crippen molar-refractivity contribution in [3.8, 4) is 0 Å². The summed E-state index contributed by atoms with van der Waals surface area (Å²) in [5.41, 5.74) is -0.502. The molecule has 2 aliphatic rings. The van der Waals surface area contributed by atoms with Crippen molar-refractivity contribution in [2.24, 2.45) is 0 Å². The van der Waals surface area contributed by atoms with Crippen LogP contribution < -0.4 is 5.32 Å². The van der Waals surface area contributed by atoms with Gasteiger partial charge in [-0.3, -0.25) is 9.69 Å². The smallest absolute Gasteiger partial charge is 0.326 e. The van der Waals surface area contributed by atoms with Crippen molar-refractivity contribution in [3.05, 3.63) is 0 Å². The second-order valence-electron chi connectivity index (χ2n) is 5.78. The fourth-order valence-corrected chi connectivity index (χ4v) is 3.54. The lowest BCUT2D eigenvalue weighted by molar-refractivity contribution is -0.172. The lowest BCUT2D eigenvalue weighted by Crippen LogP contribution is -2.61. The van der Waals surface area contributed by atoms with Gasteiger partial charge in [-0.05, 0) is 26.8 Å². The highest BCUT2D eigenvalue weighted by molar-refractivity contribution is 5.81. The number of hydrogen-bond donors (Lipinski definition) is 1. The van der Waals surface area contributed by atoms with E-state index < -0.39 is 5.54 Å². The Kier molecular flexibility index (Phi) is 4.81. The maximum absolute atomic E-state index is 12.5. The second-order valence-corrected chi connectivity index (χ2v) is 5.78. The van der Waals surface area contributed by atoms with Crippen LogP contribution in [0.3, 0.4) is 0 Å². The van der Waals surface area contributed by atoms with Crippen LogP contribution in [0.5, 0.6) is 0 Å². The molecule has 0 aliphatic carbocycles. The van der Waals surface area contributed by atoms with Crippen molar-refractivity contribution in [2.45, 2.75) is 50.9 Å². The number of carbonyl (C=O) groups is 1. The SMILES string of the molecule is COC(=O)C1(N2CCCNCC2)CC(C)OC(C)C1. The van der Waals surface area contributed by atoms with Gasteiger partial charge in [-0.2, -0.15) is 0 Å². The number of nitrogens with one attached hydrogen (secondary N) is 1. The van der Waals surface area contributed by atoms with Crippen molar-refractivity contribution in [2.75, 3.05) is 33.3 Å². The van der Waals surface area contributed by atoms with E-state index in [1.54, 1.807) is 0 Å². The first-order valence-corrected chi connectivity index (χ1v) is 7.28. The van der Waals surface area contributed by atoms with Gasteiger partial charge in [0.25, 0.3) is 0 Å². The van der Waals surface area contributed by atoms with E-state index in [4.69, 9.17) is 9.47 Å². The molecule has 110 valence electrons. The highest BCUT2D eigenvalue weighted by Gasteiger charge is 2.49. The molecule has 1 N–H and O–H groups in total. The van der Waals surface area contributed by atoms with E-state index >= 15 is 0 Å². The number of methoxy groups -OCH3 is 1. The molecule has 2 atom stereocenters. The van der Waals surface area contributed by atoms with Crippen LogP contribution in [0.2, 0.25) is 0 Å². The average Bonchev–Trinajstić information content (AvgIpc) is 2.65. The van der Waals surface area contributed by atoms with Gasteiger partial charge in [-0.1, -0.05) is 0 Å². The van der Waals surface area contributed by atoms with Crippen LogP contribution >= 0.6 is 0 Å². The molecule has 2 fully saturated rings. The van der Waals surface area contributed by atoms with Gasteiger partial charge in [-0.15, -0.1) is 0 Å². The Bertz CT molecular complexity index is 304. The summed E-state index contributed by atoms with van der Waals surface area (Å²) in [5.74, 6) is -0.101. The molecule has 0 radical (unpaired) electrons. The van der Waals surface area contributed by atoms with Gasteiger partial charge in [-0.25, -0.2) is 0 Å². The number of ether oxygens (including phenoxy) is 2. The summed E-state index contributed by atoms with van der Waals surface area (Å²) in [6.45, 7) is 7.89. The molecule has 2 heterocycles. The zero-order valence-electron chi connectivity index (χ0n) is 12.3. The molecule has 5 heteroatoms. The molecule has 0 aromatic carbocycles. The molecule has 0 aromatic heterocycles. The Hall–Kier alpha value is -0.650. The molecule has 5 nitrogen and oxygen atoms in total. The molecule has 2 aliphatic heterocycles. The standard InChI is InChI=1S/C14H26N2O3/c1-11-9-14(13(17)18-3,10-12(2)19-11)16-7-4-5-15-6-8-16/h11-12,15H,4-10H2,1-3H3. The van der Waals surface area contributed by atoms with Crippen LogP contribution in [0.4, 0.5) is 0 Å². The molecule has 2 saturated heterocycles. The first kappa shape index (κ1) is 14.8. The highest BCUT2D eigenvalue weighted by atomic mass is 16.5. The fraction of sp³-hybridized carbons (Fsp3) is 0.929. The van der Waals surface area contributed by atoms with Gasteiger partial charge in [0.05, 0.1) is 19.3 Å². The van der Waals surface area contributed by atoms with Gasteiger partial charge in [0.15, 0.2) is 0 Å². The molecule has 0 bridgehead atoms. The van der Waals surface area contributed by atoms with Gasteiger partial charge in [0.2, 0.25) is 0 Å². The van der Waals surface area contributed by atoms with Crippen LogP contribution in [0.1, 0.15) is 33.1 Å². The Labute approximate surface area is 115 Å². The second kappa shape index (κ2) is 6.20. The third-order valence-corrected chi connectivity index (χ3v) is 4.23. The Morgan fingerprint density at radius 2 is 1.95 bits per heavy atom. The molecule has 2 rings (SSSR count). The number of esters is 1. The van der Waals surface area contributed by atoms with Crippen LogP contribution in [0.15, 0.2) is 0 Å². The maximum Gasteiger partial charge on any atom is 0.326 e. The molecule has 0 saturated carbocycles. The molecule has 2 unspecified atom stereocenters. The minimum absolute atomic E-state index is 0.0964. The molecule has 0 aromatic rings. The summed E-state index contributed by atoms with van der Waals surface area (Å²) < 4.78 is 10.9. The maximum atomic E-state index is 12.5. The minimum atomic E-state index is -0.502. The molecule has 0 spiro atoms. The first-order valence-electron chi connectivity index (χ1n) is 7.28. The number of hydrogen-bond acceptors (Lipinski definition) is 5. The van der Waals surface area contributed by atoms with Gasteiger partial charge >= 0.3 is 5.97 Å². The zero-order chi connectivity index (χ0) is 13.9. The van der Waals surface area contributed by atoms with E-state index in [-0.39, 0.29) is 18.2 Å².